The van der Waals surface area contributed by atoms with Gasteiger partial charge in [-0.3, -0.25) is 4.90 Å². The number of rotatable bonds is 5. The van der Waals surface area contributed by atoms with Crippen LogP contribution >= 0.6 is 11.3 Å². The van der Waals surface area contributed by atoms with Crippen LogP contribution in [0.1, 0.15) is 24.6 Å². The smallest absolute Gasteiger partial charge is 0.355 e. The monoisotopic (exact) mass is 425 g/mol. The quantitative estimate of drug-likeness (QED) is 0.796. The third kappa shape index (κ3) is 3.61. The molecule has 0 bridgehead atoms. The van der Waals surface area contributed by atoms with Crippen LogP contribution in [-0.2, 0) is 6.42 Å². The van der Waals surface area contributed by atoms with Gasteiger partial charge >= 0.3 is 6.18 Å². The first kappa shape index (κ1) is 19.5. The van der Waals surface area contributed by atoms with Gasteiger partial charge in [-0.2, -0.15) is 13.2 Å². The number of nitrogens with one attached hydrogen (secondary N) is 1. The van der Waals surface area contributed by atoms with Crippen LogP contribution in [0.4, 0.5) is 19.0 Å². The van der Waals surface area contributed by atoms with Crippen LogP contribution in [0.25, 0.3) is 10.2 Å². The van der Waals surface area contributed by atoms with Crippen molar-refractivity contribution in [3.63, 3.8) is 0 Å². The van der Waals surface area contributed by atoms with E-state index in [9.17, 15) is 13.2 Å². The van der Waals surface area contributed by atoms with Gasteiger partial charge in [0.2, 0.25) is 0 Å². The molecule has 3 aliphatic rings. The number of fused-ring (bicyclic) bond motifs is 1. The molecule has 1 N–H and O–H groups in total. The average molecular weight is 426 g/mol. The fourth-order valence-electron chi connectivity index (χ4n) is 5.33. The Morgan fingerprint density at radius 3 is 2.72 bits per heavy atom. The Kier molecular flexibility index (Phi) is 4.75. The second-order valence-corrected chi connectivity index (χ2v) is 10.0. The van der Waals surface area contributed by atoms with E-state index < -0.39 is 12.6 Å². The van der Waals surface area contributed by atoms with Crippen LogP contribution < -0.4 is 10.2 Å². The Morgan fingerprint density at radius 1 is 1.28 bits per heavy atom. The van der Waals surface area contributed by atoms with Gasteiger partial charge in [-0.15, -0.1) is 11.3 Å². The lowest BCUT2D eigenvalue weighted by Crippen LogP contribution is -2.65. The molecule has 5 nitrogen and oxygen atoms in total. The standard InChI is InChI=1S/C20H26F3N5S/c1-2-16(13-7-24-8-13)28-10-19(11-28)3-4-27(9-19)17-15-5-14(6-20(21,22)23)29-18(15)26-12-25-17/h5,12-13,16,24H,2-4,6-11H2,1H3. The van der Waals surface area contributed by atoms with E-state index >= 15 is 0 Å². The van der Waals surface area contributed by atoms with E-state index in [1.807, 2.05) is 0 Å². The lowest BCUT2D eigenvalue weighted by atomic mass is 9.75. The van der Waals surface area contributed by atoms with Gasteiger partial charge in [-0.25, -0.2) is 9.97 Å². The van der Waals surface area contributed by atoms with Crippen molar-refractivity contribution in [1.29, 1.82) is 0 Å². The van der Waals surface area contributed by atoms with Crippen LogP contribution in [0.15, 0.2) is 12.4 Å². The highest BCUT2D eigenvalue weighted by Gasteiger charge is 2.51. The number of thiophene rings is 1. The first-order valence-corrected chi connectivity index (χ1v) is 11.2. The Morgan fingerprint density at radius 2 is 2.07 bits per heavy atom. The molecule has 1 spiro atoms. The number of hydrogen-bond acceptors (Lipinski definition) is 6. The number of likely N-dealkylation sites (tertiary alicyclic amines) is 1. The Labute approximate surface area is 172 Å². The zero-order valence-corrected chi connectivity index (χ0v) is 17.3. The van der Waals surface area contributed by atoms with E-state index in [1.54, 1.807) is 6.07 Å². The average Bonchev–Trinajstić information content (AvgIpc) is 3.18. The van der Waals surface area contributed by atoms with Crippen molar-refractivity contribution >= 4 is 27.4 Å². The van der Waals surface area contributed by atoms with Crippen molar-refractivity contribution in [3.05, 3.63) is 17.3 Å². The molecule has 3 aliphatic heterocycles. The number of anilines is 1. The van der Waals surface area contributed by atoms with Crippen molar-refractivity contribution in [3.8, 4) is 0 Å². The summed E-state index contributed by atoms with van der Waals surface area (Å²) in [6.45, 7) is 8.62. The maximum Gasteiger partial charge on any atom is 0.393 e. The van der Waals surface area contributed by atoms with Gasteiger partial charge in [0.1, 0.15) is 17.0 Å². The number of hydrogen-bond donors (Lipinski definition) is 1. The maximum atomic E-state index is 12.8. The van der Waals surface area contributed by atoms with Gasteiger partial charge in [0, 0.05) is 55.6 Å². The number of aromatic nitrogens is 2. The molecule has 29 heavy (non-hydrogen) atoms. The number of alkyl halides is 3. The van der Waals surface area contributed by atoms with E-state index in [0.717, 1.165) is 74.1 Å². The highest BCUT2D eigenvalue weighted by Crippen LogP contribution is 2.44. The second kappa shape index (κ2) is 7.06. The summed E-state index contributed by atoms with van der Waals surface area (Å²) < 4.78 is 38.4. The van der Waals surface area contributed by atoms with Gasteiger partial charge in [0.05, 0.1) is 11.8 Å². The van der Waals surface area contributed by atoms with Crippen molar-refractivity contribution in [2.75, 3.05) is 44.2 Å². The van der Waals surface area contributed by atoms with E-state index in [0.29, 0.717) is 21.2 Å². The van der Waals surface area contributed by atoms with Crippen LogP contribution in [0.2, 0.25) is 0 Å². The molecule has 5 rings (SSSR count). The SMILES string of the molecule is CCC(C1CNC1)N1CC2(CCN(c3ncnc4sc(CC(F)(F)F)cc34)C2)C1. The molecular formula is C20H26F3N5S. The third-order valence-electron chi connectivity index (χ3n) is 6.79. The maximum absolute atomic E-state index is 12.8. The minimum atomic E-state index is -4.20. The summed E-state index contributed by atoms with van der Waals surface area (Å²) in [5.74, 6) is 1.57. The molecule has 3 saturated heterocycles. The topological polar surface area (TPSA) is 44.3 Å². The Hall–Kier alpha value is -1.45. The van der Waals surface area contributed by atoms with Crippen LogP contribution in [0.5, 0.6) is 0 Å². The predicted octanol–water partition coefficient (Wildman–Crippen LogP) is 3.31. The molecule has 1 atom stereocenters. The fourth-order valence-corrected chi connectivity index (χ4v) is 6.35. The molecule has 158 valence electrons. The molecule has 2 aromatic rings. The summed E-state index contributed by atoms with van der Waals surface area (Å²) in [5, 5.41) is 4.14. The zero-order valence-electron chi connectivity index (χ0n) is 16.5. The minimum Gasteiger partial charge on any atom is -0.355 e. The molecule has 9 heteroatoms. The molecule has 0 radical (unpaired) electrons. The first-order chi connectivity index (χ1) is 13.9. The minimum absolute atomic E-state index is 0.298. The molecule has 1 unspecified atom stereocenters. The summed E-state index contributed by atoms with van der Waals surface area (Å²) in [6.07, 6.45) is -1.31. The highest BCUT2D eigenvalue weighted by atomic mass is 32.1. The van der Waals surface area contributed by atoms with Gasteiger partial charge in [-0.05, 0) is 24.8 Å². The summed E-state index contributed by atoms with van der Waals surface area (Å²) in [4.78, 5) is 14.5. The summed E-state index contributed by atoms with van der Waals surface area (Å²) in [5.41, 5.74) is 0.298. The molecular weight excluding hydrogens is 399 g/mol. The first-order valence-electron chi connectivity index (χ1n) is 10.4. The highest BCUT2D eigenvalue weighted by molar-refractivity contribution is 7.18. The van der Waals surface area contributed by atoms with E-state index in [2.05, 4.69) is 32.0 Å². The predicted molar refractivity (Wildman–Crippen MR) is 108 cm³/mol. The lowest BCUT2D eigenvalue weighted by Gasteiger charge is -2.54. The van der Waals surface area contributed by atoms with Gasteiger partial charge < -0.3 is 10.2 Å². The lowest BCUT2D eigenvalue weighted by molar-refractivity contribution is -0.126. The summed E-state index contributed by atoms with van der Waals surface area (Å²) >= 11 is 1.12. The zero-order chi connectivity index (χ0) is 20.2. The van der Waals surface area contributed by atoms with Crippen molar-refractivity contribution < 1.29 is 13.2 Å². The van der Waals surface area contributed by atoms with Crippen LogP contribution in [-0.4, -0.2) is 66.4 Å². The summed E-state index contributed by atoms with van der Waals surface area (Å²) in [7, 11) is 0. The molecule has 2 aromatic heterocycles. The second-order valence-electron chi connectivity index (χ2n) is 8.89. The fraction of sp³-hybridized carbons (Fsp3) is 0.700. The van der Waals surface area contributed by atoms with Crippen LogP contribution in [0, 0.1) is 11.3 Å². The van der Waals surface area contributed by atoms with Crippen molar-refractivity contribution in [1.82, 2.24) is 20.2 Å². The van der Waals surface area contributed by atoms with E-state index in [1.165, 1.54) is 12.7 Å². The normalized spacial score (nSPS) is 23.5. The van der Waals surface area contributed by atoms with E-state index in [4.69, 9.17) is 0 Å². The number of halogens is 3. The molecule has 0 aromatic carbocycles. The third-order valence-corrected chi connectivity index (χ3v) is 7.84. The largest absolute Gasteiger partial charge is 0.393 e. The molecule has 0 aliphatic carbocycles. The molecule has 5 heterocycles. The van der Waals surface area contributed by atoms with E-state index in [-0.39, 0.29) is 0 Å². The number of nitrogens with zero attached hydrogens (tertiary/aromatic N) is 4. The van der Waals surface area contributed by atoms with Crippen LogP contribution in [0.3, 0.4) is 0 Å². The Bertz CT molecular complexity index is 888. The van der Waals surface area contributed by atoms with Gasteiger partial charge in [0.15, 0.2) is 0 Å². The molecule has 3 fully saturated rings. The Balaban J connectivity index is 1.30. The van der Waals surface area contributed by atoms with Gasteiger partial charge in [-0.1, -0.05) is 6.92 Å². The summed E-state index contributed by atoms with van der Waals surface area (Å²) in [6, 6.07) is 2.31. The van der Waals surface area contributed by atoms with Gasteiger partial charge in [0.25, 0.3) is 0 Å². The van der Waals surface area contributed by atoms with Crippen molar-refractivity contribution in [2.24, 2.45) is 11.3 Å². The van der Waals surface area contributed by atoms with Crippen molar-refractivity contribution in [2.45, 2.75) is 38.4 Å². The molecule has 0 amide bonds. The molecule has 0 saturated carbocycles.